The van der Waals surface area contributed by atoms with Crippen LogP contribution in [0.25, 0.3) is 15.7 Å². The number of fused-ring (bicyclic) bond motifs is 1. The average molecular weight is 191 g/mol. The lowest BCUT2D eigenvalue weighted by atomic mass is 10.2. The number of H-pyrrole nitrogens is 1. The Morgan fingerprint density at radius 3 is 3.08 bits per heavy atom. The normalized spacial score (nSPS) is 10.2. The Balaban J connectivity index is 2.66. The van der Waals surface area contributed by atoms with Gasteiger partial charge in [-0.1, -0.05) is 11.6 Å². The Morgan fingerprint density at radius 1 is 1.46 bits per heavy atom. The lowest BCUT2D eigenvalue weighted by Gasteiger charge is -1.91. The largest absolute Gasteiger partial charge is 0.361 e. The minimum Gasteiger partial charge on any atom is -0.361 e. The first-order valence-corrected chi connectivity index (χ1v) is 4.28. The summed E-state index contributed by atoms with van der Waals surface area (Å²) >= 11 is 5.86. The van der Waals surface area contributed by atoms with Crippen LogP contribution in [0.15, 0.2) is 24.4 Å². The summed E-state index contributed by atoms with van der Waals surface area (Å²) in [5.41, 5.74) is 2.04. The number of hydrogen-bond acceptors (Lipinski definition) is 0. The van der Waals surface area contributed by atoms with Gasteiger partial charge in [-0.2, -0.15) is 0 Å². The lowest BCUT2D eigenvalue weighted by molar-refractivity contribution is 1.28. The molecular weight excluding hydrogens is 184 g/mol. The molecule has 2 rings (SSSR count). The Morgan fingerprint density at radius 2 is 2.31 bits per heavy atom. The van der Waals surface area contributed by atoms with Gasteiger partial charge < -0.3 is 9.83 Å². The minimum absolute atomic E-state index is 0.403. The molecule has 0 unspecified atom stereocenters. The van der Waals surface area contributed by atoms with Crippen LogP contribution < -0.4 is 0 Å². The van der Waals surface area contributed by atoms with Crippen LogP contribution in [-0.4, -0.2) is 4.98 Å². The van der Waals surface area contributed by atoms with E-state index in [1.54, 1.807) is 0 Å². The fourth-order valence-electron chi connectivity index (χ4n) is 1.37. The molecule has 64 valence electrons. The van der Waals surface area contributed by atoms with Gasteiger partial charge >= 0.3 is 0 Å². The van der Waals surface area contributed by atoms with Crippen LogP contribution in [0.5, 0.6) is 0 Å². The molecule has 0 saturated heterocycles. The molecule has 2 aromatic rings. The number of aromatic nitrogens is 1. The maximum Gasteiger partial charge on any atom is 0.241 e. The monoisotopic (exact) mass is 190 g/mol. The van der Waals surface area contributed by atoms with E-state index in [0.717, 1.165) is 16.5 Å². The molecular formula is C10H7ClN2. The van der Waals surface area contributed by atoms with Crippen molar-refractivity contribution in [1.82, 2.24) is 4.98 Å². The molecule has 1 aromatic heterocycles. The highest BCUT2D eigenvalue weighted by Gasteiger charge is 2.05. The second kappa shape index (κ2) is 3.12. The molecule has 1 heterocycles. The van der Waals surface area contributed by atoms with Crippen molar-refractivity contribution in [2.75, 3.05) is 0 Å². The Kier molecular flexibility index (Phi) is 1.96. The van der Waals surface area contributed by atoms with E-state index in [0.29, 0.717) is 11.6 Å². The van der Waals surface area contributed by atoms with Gasteiger partial charge in [-0.15, -0.1) is 0 Å². The zero-order valence-electron chi connectivity index (χ0n) is 6.84. The molecule has 0 saturated carbocycles. The zero-order valence-corrected chi connectivity index (χ0v) is 7.60. The van der Waals surface area contributed by atoms with E-state index in [2.05, 4.69) is 9.83 Å². The molecule has 13 heavy (non-hydrogen) atoms. The standard InChI is InChI=1S/C10H7ClN2/c1-12-5-7-6-13-10-3-2-8(11)4-9(7)10/h2-4,6,13H,5H2. The Hall–Kier alpha value is -1.46. The minimum atomic E-state index is 0.403. The number of hydrogen-bond donors (Lipinski definition) is 1. The van der Waals surface area contributed by atoms with Crippen molar-refractivity contribution < 1.29 is 0 Å². The predicted octanol–water partition coefficient (Wildman–Crippen LogP) is 3.24. The topological polar surface area (TPSA) is 20.1 Å². The van der Waals surface area contributed by atoms with Crippen molar-refractivity contribution in [1.29, 1.82) is 0 Å². The van der Waals surface area contributed by atoms with Crippen LogP contribution in [0.3, 0.4) is 0 Å². The van der Waals surface area contributed by atoms with Crippen LogP contribution in [0, 0.1) is 6.57 Å². The maximum atomic E-state index is 6.79. The molecule has 2 nitrogen and oxygen atoms in total. The Bertz CT molecular complexity index is 479. The molecule has 3 heteroatoms. The van der Waals surface area contributed by atoms with Crippen molar-refractivity contribution in [2.24, 2.45) is 0 Å². The second-order valence-corrected chi connectivity index (χ2v) is 3.26. The van der Waals surface area contributed by atoms with E-state index in [1.807, 2.05) is 24.4 Å². The third-order valence-electron chi connectivity index (χ3n) is 1.98. The summed E-state index contributed by atoms with van der Waals surface area (Å²) in [6.45, 7) is 7.19. The van der Waals surface area contributed by atoms with Crippen LogP contribution in [0.4, 0.5) is 0 Å². The van der Waals surface area contributed by atoms with Crippen molar-refractivity contribution >= 4 is 22.5 Å². The maximum absolute atomic E-state index is 6.79. The summed E-state index contributed by atoms with van der Waals surface area (Å²) in [7, 11) is 0. The van der Waals surface area contributed by atoms with Gasteiger partial charge in [0, 0.05) is 22.1 Å². The van der Waals surface area contributed by atoms with Crippen molar-refractivity contribution in [2.45, 2.75) is 6.54 Å². The van der Waals surface area contributed by atoms with Gasteiger partial charge in [0.1, 0.15) is 0 Å². The van der Waals surface area contributed by atoms with Gasteiger partial charge in [0.05, 0.1) is 5.56 Å². The number of halogens is 1. The van der Waals surface area contributed by atoms with E-state index >= 15 is 0 Å². The molecule has 0 aliphatic rings. The molecule has 0 radical (unpaired) electrons. The number of nitrogens with zero attached hydrogens (tertiary/aromatic N) is 1. The quantitative estimate of drug-likeness (QED) is 0.667. The SMILES string of the molecule is [C-]#[N+]Cc1c[nH]c2ccc(Cl)cc12. The lowest BCUT2D eigenvalue weighted by Crippen LogP contribution is -1.74. The van der Waals surface area contributed by atoms with E-state index in [9.17, 15) is 0 Å². The molecule has 1 N–H and O–H groups in total. The first-order chi connectivity index (χ1) is 6.31. The van der Waals surface area contributed by atoms with E-state index in [4.69, 9.17) is 18.2 Å². The highest BCUT2D eigenvalue weighted by molar-refractivity contribution is 6.31. The van der Waals surface area contributed by atoms with Gasteiger partial charge in [0.2, 0.25) is 6.54 Å². The molecule has 0 amide bonds. The van der Waals surface area contributed by atoms with E-state index in [1.165, 1.54) is 0 Å². The first kappa shape index (κ1) is 8.15. The van der Waals surface area contributed by atoms with E-state index < -0.39 is 0 Å². The number of aromatic amines is 1. The van der Waals surface area contributed by atoms with Crippen LogP contribution in [0.2, 0.25) is 5.02 Å². The van der Waals surface area contributed by atoms with Gasteiger partial charge in [-0.25, -0.2) is 6.57 Å². The molecule has 0 atom stereocenters. The van der Waals surface area contributed by atoms with Crippen LogP contribution in [-0.2, 0) is 6.54 Å². The summed E-state index contributed by atoms with van der Waals surface area (Å²) in [6, 6.07) is 5.64. The first-order valence-electron chi connectivity index (χ1n) is 3.90. The highest BCUT2D eigenvalue weighted by Crippen LogP contribution is 2.22. The van der Waals surface area contributed by atoms with Crippen molar-refractivity contribution in [3.05, 3.63) is 46.4 Å². The van der Waals surface area contributed by atoms with Crippen LogP contribution >= 0.6 is 11.6 Å². The third-order valence-corrected chi connectivity index (χ3v) is 2.21. The summed E-state index contributed by atoms with van der Waals surface area (Å²) in [5.74, 6) is 0. The second-order valence-electron chi connectivity index (χ2n) is 2.82. The van der Waals surface area contributed by atoms with Crippen molar-refractivity contribution in [3.63, 3.8) is 0 Å². The van der Waals surface area contributed by atoms with Crippen molar-refractivity contribution in [3.8, 4) is 0 Å². The highest BCUT2D eigenvalue weighted by atomic mass is 35.5. The summed E-state index contributed by atoms with van der Waals surface area (Å²) in [6.07, 6.45) is 1.86. The summed E-state index contributed by atoms with van der Waals surface area (Å²) in [5, 5.41) is 1.75. The fraction of sp³-hybridized carbons (Fsp3) is 0.100. The zero-order chi connectivity index (χ0) is 9.26. The molecule has 0 aliphatic carbocycles. The number of rotatable bonds is 1. The number of nitrogens with one attached hydrogen (secondary N) is 1. The Labute approximate surface area is 81.0 Å². The van der Waals surface area contributed by atoms with E-state index in [-0.39, 0.29) is 0 Å². The average Bonchev–Trinajstić information content (AvgIpc) is 2.49. The summed E-state index contributed by atoms with van der Waals surface area (Å²) in [4.78, 5) is 6.44. The van der Waals surface area contributed by atoms with Gasteiger partial charge in [-0.05, 0) is 18.2 Å². The molecule has 0 bridgehead atoms. The summed E-state index contributed by atoms with van der Waals surface area (Å²) < 4.78 is 0. The predicted molar refractivity (Wildman–Crippen MR) is 53.6 cm³/mol. The third kappa shape index (κ3) is 1.39. The molecule has 0 fully saturated rings. The van der Waals surface area contributed by atoms with Gasteiger partial charge in [0.15, 0.2) is 0 Å². The molecule has 0 aliphatic heterocycles. The molecule has 0 spiro atoms. The smallest absolute Gasteiger partial charge is 0.241 e. The van der Waals surface area contributed by atoms with Crippen LogP contribution in [0.1, 0.15) is 5.56 Å². The van der Waals surface area contributed by atoms with Gasteiger partial charge in [-0.3, -0.25) is 0 Å². The molecule has 1 aromatic carbocycles. The van der Waals surface area contributed by atoms with Gasteiger partial charge in [0.25, 0.3) is 0 Å². The fourth-order valence-corrected chi connectivity index (χ4v) is 1.54. The number of benzene rings is 1.